The summed E-state index contributed by atoms with van der Waals surface area (Å²) in [4.78, 5) is 1.33. The summed E-state index contributed by atoms with van der Waals surface area (Å²) in [5.41, 5.74) is 1.36. The van der Waals surface area contributed by atoms with Crippen LogP contribution in [0.3, 0.4) is 0 Å². The van der Waals surface area contributed by atoms with E-state index in [4.69, 9.17) is 4.74 Å². The van der Waals surface area contributed by atoms with E-state index in [9.17, 15) is 0 Å². The van der Waals surface area contributed by atoms with Crippen molar-refractivity contribution in [1.29, 1.82) is 0 Å². The lowest BCUT2D eigenvalue weighted by atomic mass is 10.2. The second-order valence-electron chi connectivity index (χ2n) is 4.64. The van der Waals surface area contributed by atoms with Crippen LogP contribution in [0, 0.1) is 0 Å². The van der Waals surface area contributed by atoms with Gasteiger partial charge in [0, 0.05) is 23.8 Å². The van der Waals surface area contributed by atoms with Crippen LogP contribution >= 0.6 is 11.8 Å². The highest BCUT2D eigenvalue weighted by molar-refractivity contribution is 7.99. The molecule has 108 valence electrons. The molecule has 1 rings (SSSR count). The number of hydrogen-bond acceptors (Lipinski definition) is 3. The van der Waals surface area contributed by atoms with Crippen molar-refractivity contribution >= 4 is 11.8 Å². The third-order valence-corrected chi connectivity index (χ3v) is 3.79. The van der Waals surface area contributed by atoms with Gasteiger partial charge in [0.15, 0.2) is 0 Å². The summed E-state index contributed by atoms with van der Waals surface area (Å²) in [6, 6.07) is 8.84. The fourth-order valence-corrected chi connectivity index (χ4v) is 2.45. The molecule has 0 amide bonds. The third-order valence-electron chi connectivity index (χ3n) is 2.82. The van der Waals surface area contributed by atoms with E-state index in [0.717, 1.165) is 32.1 Å². The minimum absolute atomic E-state index is 0.852. The molecule has 0 saturated carbocycles. The summed E-state index contributed by atoms with van der Waals surface area (Å²) in [5, 5.41) is 3.42. The van der Waals surface area contributed by atoms with E-state index in [0.29, 0.717) is 0 Å². The summed E-state index contributed by atoms with van der Waals surface area (Å²) in [6.07, 6.45) is 3.57. The number of benzene rings is 1. The Labute approximate surface area is 122 Å². The molecule has 0 heterocycles. The fourth-order valence-electron chi connectivity index (χ4n) is 1.68. The van der Waals surface area contributed by atoms with E-state index in [-0.39, 0.29) is 0 Å². The molecule has 0 aliphatic rings. The smallest absolute Gasteiger partial charge is 0.0560 e. The van der Waals surface area contributed by atoms with Crippen LogP contribution in [0.15, 0.2) is 29.2 Å². The maximum absolute atomic E-state index is 5.55. The molecule has 0 aliphatic heterocycles. The SMILES string of the molecule is CCCCOCCSc1ccc(CNCCC)cc1. The number of rotatable bonds is 11. The van der Waals surface area contributed by atoms with Crippen LogP contribution in [0.25, 0.3) is 0 Å². The molecule has 0 unspecified atom stereocenters. The van der Waals surface area contributed by atoms with E-state index in [1.165, 1.54) is 29.7 Å². The van der Waals surface area contributed by atoms with Gasteiger partial charge < -0.3 is 10.1 Å². The Hall–Kier alpha value is -0.510. The molecule has 1 aromatic rings. The molecule has 0 fully saturated rings. The Kier molecular flexibility index (Phi) is 9.86. The molecule has 0 aromatic heterocycles. The van der Waals surface area contributed by atoms with Gasteiger partial charge in [-0.2, -0.15) is 0 Å². The molecule has 3 heteroatoms. The summed E-state index contributed by atoms with van der Waals surface area (Å²) < 4.78 is 5.55. The topological polar surface area (TPSA) is 21.3 Å². The van der Waals surface area contributed by atoms with Crippen molar-refractivity contribution in [3.63, 3.8) is 0 Å². The molecule has 1 aromatic carbocycles. The molecular weight excluding hydrogens is 254 g/mol. The molecule has 1 N–H and O–H groups in total. The van der Waals surface area contributed by atoms with Crippen molar-refractivity contribution in [1.82, 2.24) is 5.32 Å². The molecular formula is C16H27NOS. The molecule has 0 saturated heterocycles. The van der Waals surface area contributed by atoms with Crippen LogP contribution in [0.1, 0.15) is 38.7 Å². The Bertz CT molecular complexity index is 313. The Morgan fingerprint density at radius 2 is 1.84 bits per heavy atom. The van der Waals surface area contributed by atoms with Gasteiger partial charge in [-0.15, -0.1) is 11.8 Å². The van der Waals surface area contributed by atoms with E-state index in [1.54, 1.807) is 0 Å². The number of unbranched alkanes of at least 4 members (excludes halogenated alkanes) is 1. The summed E-state index contributed by atoms with van der Waals surface area (Å²) in [7, 11) is 0. The van der Waals surface area contributed by atoms with Gasteiger partial charge in [-0.1, -0.05) is 32.4 Å². The Balaban J connectivity index is 2.13. The predicted molar refractivity (Wildman–Crippen MR) is 84.9 cm³/mol. The normalized spacial score (nSPS) is 10.8. The summed E-state index contributed by atoms with van der Waals surface area (Å²) >= 11 is 1.87. The lowest BCUT2D eigenvalue weighted by Crippen LogP contribution is -2.13. The fraction of sp³-hybridized carbons (Fsp3) is 0.625. The first kappa shape index (κ1) is 16.5. The van der Waals surface area contributed by atoms with Crippen LogP contribution in [0.4, 0.5) is 0 Å². The van der Waals surface area contributed by atoms with E-state index >= 15 is 0 Å². The van der Waals surface area contributed by atoms with Crippen LogP contribution in [-0.4, -0.2) is 25.5 Å². The zero-order valence-electron chi connectivity index (χ0n) is 12.3. The number of ether oxygens (including phenoxy) is 1. The van der Waals surface area contributed by atoms with Gasteiger partial charge in [0.2, 0.25) is 0 Å². The Morgan fingerprint density at radius 3 is 2.53 bits per heavy atom. The van der Waals surface area contributed by atoms with Crippen molar-refractivity contribution < 1.29 is 4.74 Å². The number of hydrogen-bond donors (Lipinski definition) is 1. The standard InChI is InChI=1S/C16H27NOS/c1-3-5-11-18-12-13-19-16-8-6-15(7-9-16)14-17-10-4-2/h6-9,17H,3-5,10-14H2,1-2H3. The highest BCUT2D eigenvalue weighted by Gasteiger charge is 1.96. The lowest BCUT2D eigenvalue weighted by molar-refractivity contribution is 0.147. The molecule has 0 bridgehead atoms. The van der Waals surface area contributed by atoms with Gasteiger partial charge >= 0.3 is 0 Å². The lowest BCUT2D eigenvalue weighted by Gasteiger charge is -2.06. The van der Waals surface area contributed by atoms with Gasteiger partial charge in [-0.3, -0.25) is 0 Å². The average Bonchev–Trinajstić information content (AvgIpc) is 2.44. The second kappa shape index (κ2) is 11.3. The van der Waals surface area contributed by atoms with E-state index in [1.807, 2.05) is 11.8 Å². The van der Waals surface area contributed by atoms with Crippen LogP contribution in [-0.2, 0) is 11.3 Å². The maximum Gasteiger partial charge on any atom is 0.0560 e. The van der Waals surface area contributed by atoms with Crippen LogP contribution in [0.2, 0.25) is 0 Å². The van der Waals surface area contributed by atoms with Crippen molar-refractivity contribution in [2.45, 2.75) is 44.6 Å². The molecule has 0 spiro atoms. The Morgan fingerprint density at radius 1 is 1.05 bits per heavy atom. The highest BCUT2D eigenvalue weighted by Crippen LogP contribution is 2.18. The minimum Gasteiger partial charge on any atom is -0.381 e. The van der Waals surface area contributed by atoms with Crippen molar-refractivity contribution in [3.8, 4) is 0 Å². The second-order valence-corrected chi connectivity index (χ2v) is 5.80. The molecule has 19 heavy (non-hydrogen) atoms. The van der Waals surface area contributed by atoms with Crippen LogP contribution in [0.5, 0.6) is 0 Å². The van der Waals surface area contributed by atoms with Gasteiger partial charge in [0.25, 0.3) is 0 Å². The van der Waals surface area contributed by atoms with Crippen molar-refractivity contribution in [2.24, 2.45) is 0 Å². The third kappa shape index (κ3) is 8.30. The first-order chi connectivity index (χ1) is 9.36. The van der Waals surface area contributed by atoms with E-state index in [2.05, 4.69) is 43.4 Å². The van der Waals surface area contributed by atoms with Crippen molar-refractivity contribution in [2.75, 3.05) is 25.5 Å². The first-order valence-electron chi connectivity index (χ1n) is 7.37. The molecule has 0 aliphatic carbocycles. The van der Waals surface area contributed by atoms with Crippen LogP contribution < -0.4 is 5.32 Å². The first-order valence-corrected chi connectivity index (χ1v) is 8.35. The molecule has 2 nitrogen and oxygen atoms in total. The van der Waals surface area contributed by atoms with Crippen molar-refractivity contribution in [3.05, 3.63) is 29.8 Å². The highest BCUT2D eigenvalue weighted by atomic mass is 32.2. The number of nitrogens with one attached hydrogen (secondary N) is 1. The zero-order chi connectivity index (χ0) is 13.8. The molecule has 0 radical (unpaired) electrons. The summed E-state index contributed by atoms with van der Waals surface area (Å²) in [6.45, 7) is 8.19. The van der Waals surface area contributed by atoms with Gasteiger partial charge in [-0.05, 0) is 37.1 Å². The minimum atomic E-state index is 0.852. The summed E-state index contributed by atoms with van der Waals surface area (Å²) in [5.74, 6) is 1.04. The van der Waals surface area contributed by atoms with Gasteiger partial charge in [0.1, 0.15) is 0 Å². The van der Waals surface area contributed by atoms with E-state index < -0.39 is 0 Å². The maximum atomic E-state index is 5.55. The van der Waals surface area contributed by atoms with Gasteiger partial charge in [-0.25, -0.2) is 0 Å². The zero-order valence-corrected chi connectivity index (χ0v) is 13.1. The monoisotopic (exact) mass is 281 g/mol. The van der Waals surface area contributed by atoms with Gasteiger partial charge in [0.05, 0.1) is 6.61 Å². The largest absolute Gasteiger partial charge is 0.381 e. The average molecular weight is 281 g/mol. The number of thioether (sulfide) groups is 1. The predicted octanol–water partition coefficient (Wildman–Crippen LogP) is 4.10. The molecule has 0 atom stereocenters. The quantitative estimate of drug-likeness (QED) is 0.487.